The van der Waals surface area contributed by atoms with Crippen LogP contribution in [-0.4, -0.2) is 16.5 Å². The van der Waals surface area contributed by atoms with Crippen LogP contribution in [-0.2, 0) is 4.79 Å². The second kappa shape index (κ2) is 7.83. The van der Waals surface area contributed by atoms with Gasteiger partial charge in [-0.1, -0.05) is 56.3 Å². The molecule has 9 atom stereocenters. The van der Waals surface area contributed by atoms with Crippen LogP contribution in [0.3, 0.4) is 0 Å². The van der Waals surface area contributed by atoms with Crippen molar-refractivity contribution in [3.8, 4) is 5.75 Å². The van der Waals surface area contributed by atoms with Crippen LogP contribution in [0.4, 0.5) is 0 Å². The molecule has 4 aliphatic rings. The molecule has 0 amide bonds. The normalized spacial score (nSPS) is 44.9. The summed E-state index contributed by atoms with van der Waals surface area (Å²) in [6.07, 6.45) is 10.6. The van der Waals surface area contributed by atoms with Crippen LogP contribution in [0.2, 0.25) is 5.02 Å². The molecule has 5 rings (SSSR count). The van der Waals surface area contributed by atoms with E-state index < -0.39 is 0 Å². The number of hydrogen-bond acceptors (Lipinski definition) is 3. The Balaban J connectivity index is 1.39. The summed E-state index contributed by atoms with van der Waals surface area (Å²) < 4.78 is 6.44. The van der Waals surface area contributed by atoms with E-state index in [1.54, 1.807) is 11.8 Å². The van der Waals surface area contributed by atoms with Gasteiger partial charge in [-0.05, 0) is 92.4 Å². The minimum atomic E-state index is 0.165. The number of thioether (sulfide) groups is 1. The fraction of sp³-hybridized carbons (Fsp3) is 0.667. The lowest BCUT2D eigenvalue weighted by Crippen LogP contribution is -2.56. The second-order valence-corrected chi connectivity index (χ2v) is 12.8. The molecular formula is C27H35ClO2S. The third kappa shape index (κ3) is 3.50. The quantitative estimate of drug-likeness (QED) is 0.471. The van der Waals surface area contributed by atoms with Crippen molar-refractivity contribution in [2.24, 2.45) is 40.4 Å². The Bertz CT molecular complexity index is 899. The van der Waals surface area contributed by atoms with E-state index in [1.807, 2.05) is 30.3 Å². The number of hydrogen-bond donors (Lipinski definition) is 0. The number of halogens is 1. The average Bonchev–Trinajstić information content (AvgIpc) is 3.06. The Morgan fingerprint density at radius 2 is 2.00 bits per heavy atom. The minimum absolute atomic E-state index is 0.165. The summed E-state index contributed by atoms with van der Waals surface area (Å²) in [6.45, 7) is 9.72. The zero-order chi connectivity index (χ0) is 22.0. The molecule has 3 saturated carbocycles. The summed E-state index contributed by atoms with van der Waals surface area (Å²) in [5.41, 5.74) is 0.496. The van der Waals surface area contributed by atoms with Gasteiger partial charge in [0.1, 0.15) is 5.75 Å². The molecule has 0 spiro atoms. The molecule has 2 nitrogen and oxygen atoms in total. The zero-order valence-electron chi connectivity index (χ0n) is 19.1. The first kappa shape index (κ1) is 21.9. The molecule has 0 saturated heterocycles. The van der Waals surface area contributed by atoms with Gasteiger partial charge in [-0.25, -0.2) is 0 Å². The predicted molar refractivity (Wildman–Crippen MR) is 129 cm³/mol. The molecule has 31 heavy (non-hydrogen) atoms. The molecule has 1 aromatic rings. The van der Waals surface area contributed by atoms with Crippen LogP contribution in [0.25, 0.3) is 0 Å². The first-order chi connectivity index (χ1) is 14.7. The lowest BCUT2D eigenvalue weighted by molar-refractivity contribution is -0.108. The summed E-state index contributed by atoms with van der Waals surface area (Å²) in [4.78, 5) is 12.1. The van der Waals surface area contributed by atoms with E-state index in [-0.39, 0.29) is 16.6 Å². The largest absolute Gasteiger partial charge is 0.490 e. The summed E-state index contributed by atoms with van der Waals surface area (Å²) in [5.74, 6) is 4.35. The van der Waals surface area contributed by atoms with E-state index in [9.17, 15) is 4.79 Å². The van der Waals surface area contributed by atoms with E-state index in [1.165, 1.54) is 32.1 Å². The van der Waals surface area contributed by atoms with E-state index in [4.69, 9.17) is 16.3 Å². The van der Waals surface area contributed by atoms with Crippen LogP contribution in [0.5, 0.6) is 5.75 Å². The molecule has 4 heteroatoms. The van der Waals surface area contributed by atoms with Crippen molar-refractivity contribution < 1.29 is 9.53 Å². The Labute approximate surface area is 196 Å². The number of carbonyl (C=O) groups is 1. The lowest BCUT2D eigenvalue weighted by Gasteiger charge is -2.60. The zero-order valence-corrected chi connectivity index (χ0v) is 20.7. The summed E-state index contributed by atoms with van der Waals surface area (Å²) >= 11 is 7.79. The second-order valence-electron chi connectivity index (χ2n) is 11.1. The van der Waals surface area contributed by atoms with Crippen LogP contribution >= 0.6 is 23.4 Å². The number of fused-ring (bicyclic) bond motifs is 5. The van der Waals surface area contributed by atoms with Crippen LogP contribution in [0.15, 0.2) is 36.4 Å². The monoisotopic (exact) mass is 458 g/mol. The highest BCUT2D eigenvalue weighted by Crippen LogP contribution is 2.68. The lowest BCUT2D eigenvalue weighted by atomic mass is 9.46. The average molecular weight is 459 g/mol. The molecule has 0 aromatic heterocycles. The van der Waals surface area contributed by atoms with E-state index in [0.717, 1.165) is 22.6 Å². The first-order valence-electron chi connectivity index (χ1n) is 12.0. The maximum absolute atomic E-state index is 12.1. The molecule has 0 N–H and O–H groups in total. The van der Waals surface area contributed by atoms with E-state index in [2.05, 4.69) is 33.8 Å². The van der Waals surface area contributed by atoms with Gasteiger partial charge in [0.2, 0.25) is 5.12 Å². The molecule has 1 unspecified atom stereocenters. The molecule has 168 valence electrons. The Kier molecular flexibility index (Phi) is 5.53. The molecular weight excluding hydrogens is 424 g/mol. The third-order valence-corrected chi connectivity index (χ3v) is 11.3. The van der Waals surface area contributed by atoms with Gasteiger partial charge in [0.05, 0.1) is 6.10 Å². The molecule has 0 bridgehead atoms. The van der Waals surface area contributed by atoms with Crippen molar-refractivity contribution in [2.75, 3.05) is 0 Å². The van der Waals surface area contributed by atoms with Crippen LogP contribution in [0.1, 0.15) is 59.8 Å². The summed E-state index contributed by atoms with van der Waals surface area (Å²) in [5, 5.41) is 1.44. The van der Waals surface area contributed by atoms with Gasteiger partial charge >= 0.3 is 0 Å². The molecule has 0 radical (unpaired) electrons. The van der Waals surface area contributed by atoms with Crippen LogP contribution < -0.4 is 4.74 Å². The Morgan fingerprint density at radius 3 is 2.77 bits per heavy atom. The molecule has 1 aromatic carbocycles. The number of ether oxygens (including phenoxy) is 1. The van der Waals surface area contributed by atoms with Gasteiger partial charge in [-0.15, -0.1) is 0 Å². The van der Waals surface area contributed by atoms with Gasteiger partial charge in [0.15, 0.2) is 0 Å². The maximum atomic E-state index is 12.1. The molecule has 3 aliphatic carbocycles. The number of rotatable bonds is 3. The standard InChI is InChI=1S/C27H35ClO2S/c1-16-14-23-27(4,13-11-24(29)31-23)22-10-12-26(3)20(8-9-21(26)25(16)22)17(2)30-19-7-5-6-18(28)15-19/h5-7,11,13,15-17,20-23,25H,8-10,12,14H2,1-4H3/t16-,17?,20-,21+,22+,23-,25+,26-,27-/m1/s1. The van der Waals surface area contributed by atoms with Crippen molar-refractivity contribution in [1.29, 1.82) is 0 Å². The third-order valence-electron chi connectivity index (χ3n) is 9.66. The van der Waals surface area contributed by atoms with Crippen molar-refractivity contribution in [2.45, 2.75) is 71.2 Å². The van der Waals surface area contributed by atoms with E-state index >= 15 is 0 Å². The van der Waals surface area contributed by atoms with E-state index in [0.29, 0.717) is 28.4 Å². The number of allylic oxidation sites excluding steroid dienone is 1. The Hall–Kier alpha value is -0.930. The van der Waals surface area contributed by atoms with Gasteiger partial charge in [-0.2, -0.15) is 0 Å². The summed E-state index contributed by atoms with van der Waals surface area (Å²) in [7, 11) is 0. The molecule has 3 fully saturated rings. The van der Waals surface area contributed by atoms with Gasteiger partial charge in [0, 0.05) is 21.6 Å². The van der Waals surface area contributed by atoms with Crippen molar-refractivity contribution in [1.82, 2.24) is 0 Å². The van der Waals surface area contributed by atoms with Crippen LogP contribution in [0, 0.1) is 40.4 Å². The SMILES string of the molecule is CC(Oc1cccc(Cl)c1)[C@H]1CC[C@H]2[C@@H]3[C@H](C)C[C@H]4SC(=O)C=C[C@]4(C)[C@H]3CC[C@]12C. The van der Waals surface area contributed by atoms with Gasteiger partial charge in [0.25, 0.3) is 0 Å². The fourth-order valence-electron chi connectivity index (χ4n) is 8.18. The highest BCUT2D eigenvalue weighted by Gasteiger charge is 2.62. The maximum Gasteiger partial charge on any atom is 0.212 e. The van der Waals surface area contributed by atoms with Crippen molar-refractivity contribution in [3.05, 3.63) is 41.4 Å². The fourth-order valence-corrected chi connectivity index (χ4v) is 9.70. The number of benzene rings is 1. The predicted octanol–water partition coefficient (Wildman–Crippen LogP) is 7.41. The van der Waals surface area contributed by atoms with Gasteiger partial charge in [-0.3, -0.25) is 4.79 Å². The number of carbonyl (C=O) groups excluding carboxylic acids is 1. The Morgan fingerprint density at radius 1 is 1.19 bits per heavy atom. The molecule has 1 heterocycles. The smallest absolute Gasteiger partial charge is 0.212 e. The van der Waals surface area contributed by atoms with Crippen molar-refractivity contribution in [3.63, 3.8) is 0 Å². The highest BCUT2D eigenvalue weighted by molar-refractivity contribution is 8.14. The van der Waals surface area contributed by atoms with Gasteiger partial charge < -0.3 is 4.74 Å². The van der Waals surface area contributed by atoms with Crippen molar-refractivity contribution >= 4 is 28.5 Å². The molecule has 1 aliphatic heterocycles. The highest BCUT2D eigenvalue weighted by atomic mass is 35.5. The first-order valence-corrected chi connectivity index (χ1v) is 13.3. The topological polar surface area (TPSA) is 26.3 Å². The minimum Gasteiger partial charge on any atom is -0.490 e. The summed E-state index contributed by atoms with van der Waals surface area (Å²) in [6, 6.07) is 7.82.